The fourth-order valence-corrected chi connectivity index (χ4v) is 4.12. The summed E-state index contributed by atoms with van der Waals surface area (Å²) in [4.78, 5) is 9.42. The number of aromatic nitrogens is 5. The van der Waals surface area contributed by atoms with Gasteiger partial charge in [-0.1, -0.05) is 25.1 Å². The number of para-hydroxylation sites is 1. The van der Waals surface area contributed by atoms with E-state index in [1.807, 2.05) is 29.8 Å². The SMILES string of the molecule is CCCc1nc2c(N)nc3ccccc3c2n1Cc1cc(C)nn1-c1ccc(F)cc1. The van der Waals surface area contributed by atoms with E-state index in [0.717, 1.165) is 57.7 Å². The molecular weight excluding hydrogens is 391 g/mol. The van der Waals surface area contributed by atoms with Crippen molar-refractivity contribution in [2.75, 3.05) is 5.73 Å². The van der Waals surface area contributed by atoms with Crippen LogP contribution in [0.2, 0.25) is 0 Å². The van der Waals surface area contributed by atoms with Gasteiger partial charge in [0.2, 0.25) is 0 Å². The van der Waals surface area contributed by atoms with Crippen molar-refractivity contribution >= 4 is 27.8 Å². The largest absolute Gasteiger partial charge is 0.382 e. The number of rotatable bonds is 5. The molecule has 2 N–H and O–H groups in total. The quantitative estimate of drug-likeness (QED) is 0.448. The van der Waals surface area contributed by atoms with Crippen LogP contribution in [0.15, 0.2) is 54.6 Å². The number of nitrogens with two attached hydrogens (primary N) is 1. The van der Waals surface area contributed by atoms with Crippen molar-refractivity contribution in [3.8, 4) is 5.69 Å². The second kappa shape index (κ2) is 7.50. The van der Waals surface area contributed by atoms with Crippen LogP contribution in [0.5, 0.6) is 0 Å². The Morgan fingerprint density at radius 1 is 1.03 bits per heavy atom. The number of nitrogen functional groups attached to an aromatic ring is 1. The summed E-state index contributed by atoms with van der Waals surface area (Å²) in [6, 6.07) is 16.4. The first-order chi connectivity index (χ1) is 15.0. The van der Waals surface area contributed by atoms with Gasteiger partial charge in [-0.15, -0.1) is 0 Å². The molecule has 0 aliphatic heterocycles. The number of halogens is 1. The molecule has 2 aromatic carbocycles. The van der Waals surface area contributed by atoms with Crippen LogP contribution < -0.4 is 5.73 Å². The highest BCUT2D eigenvalue weighted by Gasteiger charge is 2.19. The Hall–Kier alpha value is -3.74. The Balaban J connectivity index is 1.73. The number of pyridine rings is 1. The highest BCUT2D eigenvalue weighted by atomic mass is 19.1. The van der Waals surface area contributed by atoms with Crippen molar-refractivity contribution < 1.29 is 4.39 Å². The van der Waals surface area contributed by atoms with Crippen molar-refractivity contribution in [1.82, 2.24) is 24.3 Å². The number of hydrogen-bond donors (Lipinski definition) is 1. The molecule has 5 aromatic rings. The minimum absolute atomic E-state index is 0.269. The number of anilines is 1. The number of fused-ring (bicyclic) bond motifs is 3. The maximum Gasteiger partial charge on any atom is 0.152 e. The van der Waals surface area contributed by atoms with Gasteiger partial charge in [-0.25, -0.2) is 19.0 Å². The lowest BCUT2D eigenvalue weighted by Crippen LogP contribution is -2.10. The molecule has 3 aromatic heterocycles. The average molecular weight is 414 g/mol. The lowest BCUT2D eigenvalue weighted by Gasteiger charge is -2.13. The lowest BCUT2D eigenvalue weighted by atomic mass is 10.2. The van der Waals surface area contributed by atoms with Gasteiger partial charge in [-0.3, -0.25) is 0 Å². The first-order valence-corrected chi connectivity index (χ1v) is 10.4. The van der Waals surface area contributed by atoms with E-state index in [1.165, 1.54) is 12.1 Å². The molecule has 6 nitrogen and oxygen atoms in total. The molecule has 0 radical (unpaired) electrons. The Morgan fingerprint density at radius 2 is 1.81 bits per heavy atom. The minimum Gasteiger partial charge on any atom is -0.382 e. The van der Waals surface area contributed by atoms with Crippen molar-refractivity contribution in [2.45, 2.75) is 33.2 Å². The van der Waals surface area contributed by atoms with Crippen LogP contribution in [0.3, 0.4) is 0 Å². The predicted octanol–water partition coefficient (Wildman–Crippen LogP) is 4.80. The first-order valence-electron chi connectivity index (χ1n) is 10.4. The summed E-state index contributed by atoms with van der Waals surface area (Å²) in [6.45, 7) is 4.66. The highest BCUT2D eigenvalue weighted by Crippen LogP contribution is 2.30. The summed E-state index contributed by atoms with van der Waals surface area (Å²) in [7, 11) is 0. The van der Waals surface area contributed by atoms with Gasteiger partial charge in [0.1, 0.15) is 17.2 Å². The van der Waals surface area contributed by atoms with Crippen LogP contribution in [0.1, 0.15) is 30.6 Å². The zero-order chi connectivity index (χ0) is 21.5. The van der Waals surface area contributed by atoms with E-state index in [9.17, 15) is 4.39 Å². The summed E-state index contributed by atoms with van der Waals surface area (Å²) in [5.41, 5.74) is 11.5. The van der Waals surface area contributed by atoms with E-state index in [0.29, 0.717) is 12.4 Å². The van der Waals surface area contributed by atoms with Gasteiger partial charge in [0.15, 0.2) is 5.82 Å². The molecular formula is C24H23FN6. The van der Waals surface area contributed by atoms with Crippen LogP contribution in [0.25, 0.3) is 27.6 Å². The van der Waals surface area contributed by atoms with Gasteiger partial charge in [0, 0.05) is 11.8 Å². The monoisotopic (exact) mass is 414 g/mol. The highest BCUT2D eigenvalue weighted by molar-refractivity contribution is 6.06. The third kappa shape index (κ3) is 3.32. The second-order valence-electron chi connectivity index (χ2n) is 7.74. The van der Waals surface area contributed by atoms with Crippen molar-refractivity contribution in [3.05, 3.63) is 77.6 Å². The number of benzene rings is 2. The minimum atomic E-state index is -0.269. The van der Waals surface area contributed by atoms with Crippen LogP contribution in [-0.4, -0.2) is 24.3 Å². The van der Waals surface area contributed by atoms with Gasteiger partial charge < -0.3 is 10.3 Å². The molecule has 3 heterocycles. The predicted molar refractivity (Wildman–Crippen MR) is 121 cm³/mol. The maximum atomic E-state index is 13.5. The summed E-state index contributed by atoms with van der Waals surface area (Å²) < 4.78 is 17.5. The van der Waals surface area contributed by atoms with Gasteiger partial charge in [-0.2, -0.15) is 5.10 Å². The van der Waals surface area contributed by atoms with Crippen LogP contribution in [-0.2, 0) is 13.0 Å². The third-order valence-electron chi connectivity index (χ3n) is 5.46. The number of hydrogen-bond acceptors (Lipinski definition) is 4. The Labute approximate surface area is 179 Å². The zero-order valence-corrected chi connectivity index (χ0v) is 17.5. The van der Waals surface area contributed by atoms with E-state index < -0.39 is 0 Å². The molecule has 0 amide bonds. The molecule has 0 unspecified atom stereocenters. The van der Waals surface area contributed by atoms with Crippen LogP contribution in [0.4, 0.5) is 10.2 Å². The maximum absolute atomic E-state index is 13.5. The van der Waals surface area contributed by atoms with Crippen molar-refractivity contribution in [2.24, 2.45) is 0 Å². The molecule has 5 rings (SSSR count). The number of imidazole rings is 1. The molecule has 0 spiro atoms. The standard InChI is InChI=1S/C24H23FN6/c1-3-6-21-28-22-23(19-7-4-5-8-20(19)27-24(22)26)30(21)14-18-13-15(2)29-31(18)17-11-9-16(25)10-12-17/h4-5,7-13H,3,6,14H2,1-2H3,(H2,26,27). The number of nitrogens with zero attached hydrogens (tertiary/aromatic N) is 5. The fourth-order valence-electron chi connectivity index (χ4n) is 4.12. The average Bonchev–Trinajstić information content (AvgIpc) is 3.30. The van der Waals surface area contributed by atoms with E-state index in [-0.39, 0.29) is 5.82 Å². The van der Waals surface area contributed by atoms with E-state index >= 15 is 0 Å². The Kier molecular flexibility index (Phi) is 4.66. The Morgan fingerprint density at radius 3 is 2.58 bits per heavy atom. The summed E-state index contributed by atoms with van der Waals surface area (Å²) in [6.07, 6.45) is 1.79. The van der Waals surface area contributed by atoms with Gasteiger partial charge in [-0.05, 0) is 49.7 Å². The first kappa shape index (κ1) is 19.2. The molecule has 7 heteroatoms. The van der Waals surface area contributed by atoms with Gasteiger partial charge in [0.05, 0.1) is 34.7 Å². The summed E-state index contributed by atoms with van der Waals surface area (Å²) in [5, 5.41) is 5.67. The summed E-state index contributed by atoms with van der Waals surface area (Å²) in [5.74, 6) is 1.13. The van der Waals surface area contributed by atoms with E-state index in [2.05, 4.69) is 33.7 Å². The van der Waals surface area contributed by atoms with Gasteiger partial charge in [0.25, 0.3) is 0 Å². The molecule has 0 saturated heterocycles. The number of aryl methyl sites for hydroxylation is 2. The molecule has 31 heavy (non-hydrogen) atoms. The fraction of sp³-hybridized carbons (Fsp3) is 0.208. The molecule has 156 valence electrons. The van der Waals surface area contributed by atoms with Crippen molar-refractivity contribution in [3.63, 3.8) is 0 Å². The molecule has 0 atom stereocenters. The normalized spacial score (nSPS) is 11.6. The molecule has 0 aliphatic rings. The Bertz CT molecular complexity index is 1400. The lowest BCUT2D eigenvalue weighted by molar-refractivity contribution is 0.626. The van der Waals surface area contributed by atoms with Gasteiger partial charge >= 0.3 is 0 Å². The zero-order valence-electron chi connectivity index (χ0n) is 17.5. The second-order valence-corrected chi connectivity index (χ2v) is 7.74. The molecule has 0 aliphatic carbocycles. The molecule has 0 saturated carbocycles. The molecule has 0 bridgehead atoms. The molecule has 0 fully saturated rings. The van der Waals surface area contributed by atoms with Crippen LogP contribution in [0, 0.1) is 12.7 Å². The topological polar surface area (TPSA) is 74.6 Å². The third-order valence-corrected chi connectivity index (χ3v) is 5.46. The van der Waals surface area contributed by atoms with Crippen LogP contribution >= 0.6 is 0 Å². The smallest absolute Gasteiger partial charge is 0.152 e. The van der Waals surface area contributed by atoms with E-state index in [4.69, 9.17) is 10.7 Å². The summed E-state index contributed by atoms with van der Waals surface area (Å²) >= 11 is 0. The van der Waals surface area contributed by atoms with E-state index in [1.54, 1.807) is 12.1 Å². The van der Waals surface area contributed by atoms with Crippen molar-refractivity contribution in [1.29, 1.82) is 0 Å².